The number of amides is 1. The second-order valence-corrected chi connectivity index (χ2v) is 7.65. The van der Waals surface area contributed by atoms with Crippen LogP contribution in [0.1, 0.15) is 18.9 Å². The Balaban J connectivity index is 1.68. The first-order valence-corrected chi connectivity index (χ1v) is 9.65. The number of hydrogen-bond acceptors (Lipinski definition) is 5. The Morgan fingerprint density at radius 2 is 2.32 bits per heavy atom. The highest BCUT2D eigenvalue weighted by atomic mass is 35.5. The highest BCUT2D eigenvalue weighted by Gasteiger charge is 2.24. The maximum Gasteiger partial charge on any atom is 0.242 e. The molecule has 2 heterocycles. The third-order valence-corrected chi connectivity index (χ3v) is 5.27. The summed E-state index contributed by atoms with van der Waals surface area (Å²) in [6.07, 6.45) is 2.59. The monoisotopic (exact) mass is 379 g/mol. The normalized spacial score (nSPS) is 13.5. The van der Waals surface area contributed by atoms with Crippen LogP contribution < -0.4 is 9.64 Å². The van der Waals surface area contributed by atoms with Crippen molar-refractivity contribution in [2.45, 2.75) is 26.3 Å². The Morgan fingerprint density at radius 1 is 1.48 bits per heavy atom. The van der Waals surface area contributed by atoms with Crippen LogP contribution in [0.15, 0.2) is 29.8 Å². The van der Waals surface area contributed by atoms with Crippen molar-refractivity contribution in [1.82, 2.24) is 9.88 Å². The van der Waals surface area contributed by atoms with Gasteiger partial charge in [-0.3, -0.25) is 4.79 Å². The summed E-state index contributed by atoms with van der Waals surface area (Å²) in [5.41, 5.74) is 0.885. The maximum absolute atomic E-state index is 12.9. The minimum atomic E-state index is 0.111. The molecule has 0 radical (unpaired) electrons. The Labute approximate surface area is 157 Å². The highest BCUT2D eigenvalue weighted by Crippen LogP contribution is 2.33. The number of rotatable bonds is 6. The van der Waals surface area contributed by atoms with Crippen molar-refractivity contribution in [3.63, 3.8) is 0 Å². The largest absolute Gasteiger partial charge is 0.490 e. The molecule has 0 atom stereocenters. The van der Waals surface area contributed by atoms with Gasteiger partial charge >= 0.3 is 0 Å². The average Bonchev–Trinajstić information content (AvgIpc) is 3.08. The first-order chi connectivity index (χ1) is 12.0. The lowest BCUT2D eigenvalue weighted by Gasteiger charge is -2.34. The van der Waals surface area contributed by atoms with Gasteiger partial charge in [0.25, 0.3) is 0 Å². The van der Waals surface area contributed by atoms with E-state index in [1.165, 1.54) is 0 Å². The van der Waals surface area contributed by atoms with E-state index in [0.29, 0.717) is 31.3 Å². The van der Waals surface area contributed by atoms with Gasteiger partial charge in [-0.05, 0) is 32.0 Å². The number of aromatic nitrogens is 1. The van der Waals surface area contributed by atoms with Crippen LogP contribution in [0.5, 0.6) is 5.75 Å². The lowest BCUT2D eigenvalue weighted by Crippen LogP contribution is -2.46. The lowest BCUT2D eigenvalue weighted by molar-refractivity contribution is -0.131. The highest BCUT2D eigenvalue weighted by molar-refractivity contribution is 7.09. The SMILES string of the molecule is CC(C)N(CCc1nccs1)C(=O)CN1CCOc2ccc(Cl)cc21. The predicted molar refractivity (Wildman–Crippen MR) is 102 cm³/mol. The molecule has 2 aromatic rings. The number of carbonyl (C=O) groups excluding carboxylic acids is 1. The minimum absolute atomic E-state index is 0.111. The number of fused-ring (bicyclic) bond motifs is 1. The molecule has 7 heteroatoms. The summed E-state index contributed by atoms with van der Waals surface area (Å²) in [5, 5.41) is 3.67. The summed E-state index contributed by atoms with van der Waals surface area (Å²) in [6, 6.07) is 5.67. The third kappa shape index (κ3) is 4.44. The topological polar surface area (TPSA) is 45.7 Å². The van der Waals surface area contributed by atoms with E-state index in [1.807, 2.05) is 41.2 Å². The van der Waals surface area contributed by atoms with Crippen LogP contribution >= 0.6 is 22.9 Å². The molecule has 5 nitrogen and oxygen atoms in total. The van der Waals surface area contributed by atoms with Crippen molar-refractivity contribution in [2.75, 3.05) is 31.1 Å². The molecule has 0 saturated heterocycles. The van der Waals surface area contributed by atoms with Gasteiger partial charge in [-0.2, -0.15) is 0 Å². The zero-order chi connectivity index (χ0) is 17.8. The van der Waals surface area contributed by atoms with E-state index in [4.69, 9.17) is 16.3 Å². The van der Waals surface area contributed by atoms with Crippen LogP contribution in [-0.4, -0.2) is 48.1 Å². The fourth-order valence-electron chi connectivity index (χ4n) is 2.93. The van der Waals surface area contributed by atoms with Crippen molar-refractivity contribution in [3.8, 4) is 5.75 Å². The number of benzene rings is 1. The molecule has 1 aromatic heterocycles. The number of carbonyl (C=O) groups is 1. The fourth-order valence-corrected chi connectivity index (χ4v) is 3.70. The van der Waals surface area contributed by atoms with Crippen LogP contribution in [0.25, 0.3) is 0 Å². The van der Waals surface area contributed by atoms with Gasteiger partial charge in [0.1, 0.15) is 12.4 Å². The molecule has 0 bridgehead atoms. The van der Waals surface area contributed by atoms with Gasteiger partial charge in [-0.25, -0.2) is 4.98 Å². The summed E-state index contributed by atoms with van der Waals surface area (Å²) >= 11 is 7.74. The molecule has 0 aliphatic carbocycles. The second-order valence-electron chi connectivity index (χ2n) is 6.24. The molecule has 25 heavy (non-hydrogen) atoms. The summed E-state index contributed by atoms with van der Waals surface area (Å²) in [7, 11) is 0. The molecule has 1 aliphatic rings. The van der Waals surface area contributed by atoms with Crippen LogP contribution in [0, 0.1) is 0 Å². The van der Waals surface area contributed by atoms with E-state index in [9.17, 15) is 4.79 Å². The molecule has 0 spiro atoms. The number of anilines is 1. The van der Waals surface area contributed by atoms with Crippen molar-refractivity contribution in [2.24, 2.45) is 0 Å². The van der Waals surface area contributed by atoms with Gasteiger partial charge in [-0.15, -0.1) is 11.3 Å². The second kappa shape index (κ2) is 8.06. The summed E-state index contributed by atoms with van der Waals surface area (Å²) in [5.74, 6) is 0.890. The zero-order valence-electron chi connectivity index (χ0n) is 14.4. The Hall–Kier alpha value is -1.79. The number of halogens is 1. The van der Waals surface area contributed by atoms with Crippen LogP contribution in [-0.2, 0) is 11.2 Å². The first kappa shape index (κ1) is 18.0. The number of ether oxygens (including phenoxy) is 1. The van der Waals surface area contributed by atoms with E-state index >= 15 is 0 Å². The number of nitrogens with zero attached hydrogens (tertiary/aromatic N) is 3. The standard InChI is InChI=1S/C18H22ClN3O2S/c1-13(2)22(7-5-17-20-6-10-25-17)18(23)12-21-8-9-24-16-4-3-14(19)11-15(16)21/h3-4,6,10-11,13H,5,7-9,12H2,1-2H3. The van der Waals surface area contributed by atoms with Gasteiger partial charge in [0.2, 0.25) is 5.91 Å². The van der Waals surface area contributed by atoms with E-state index in [2.05, 4.69) is 4.98 Å². The lowest BCUT2D eigenvalue weighted by atomic mass is 10.2. The fraction of sp³-hybridized carbons (Fsp3) is 0.444. The number of thiazole rings is 1. The summed E-state index contributed by atoms with van der Waals surface area (Å²) < 4.78 is 5.66. The quantitative estimate of drug-likeness (QED) is 0.770. The Morgan fingerprint density at radius 3 is 3.04 bits per heavy atom. The van der Waals surface area contributed by atoms with Crippen molar-refractivity contribution < 1.29 is 9.53 Å². The molecule has 3 rings (SSSR count). The van der Waals surface area contributed by atoms with E-state index in [1.54, 1.807) is 23.6 Å². The van der Waals surface area contributed by atoms with E-state index in [0.717, 1.165) is 22.9 Å². The molecule has 0 saturated carbocycles. The maximum atomic E-state index is 12.9. The Bertz CT molecular complexity index is 721. The molecular formula is C18H22ClN3O2S. The van der Waals surface area contributed by atoms with Gasteiger partial charge in [0, 0.05) is 35.6 Å². The molecule has 134 valence electrons. The molecule has 1 amide bonds. The van der Waals surface area contributed by atoms with Gasteiger partial charge in [-0.1, -0.05) is 11.6 Å². The predicted octanol–water partition coefficient (Wildman–Crippen LogP) is 3.48. The van der Waals surface area contributed by atoms with Crippen LogP contribution in [0.2, 0.25) is 5.02 Å². The van der Waals surface area contributed by atoms with E-state index < -0.39 is 0 Å². The average molecular weight is 380 g/mol. The van der Waals surface area contributed by atoms with Crippen molar-refractivity contribution >= 4 is 34.5 Å². The molecule has 1 aromatic carbocycles. The van der Waals surface area contributed by atoms with E-state index in [-0.39, 0.29) is 11.9 Å². The third-order valence-electron chi connectivity index (χ3n) is 4.20. The molecular weight excluding hydrogens is 358 g/mol. The van der Waals surface area contributed by atoms with Gasteiger partial charge < -0.3 is 14.5 Å². The smallest absolute Gasteiger partial charge is 0.242 e. The molecule has 0 fully saturated rings. The van der Waals surface area contributed by atoms with Crippen LogP contribution in [0.4, 0.5) is 5.69 Å². The van der Waals surface area contributed by atoms with Crippen LogP contribution in [0.3, 0.4) is 0 Å². The minimum Gasteiger partial charge on any atom is -0.490 e. The molecule has 1 aliphatic heterocycles. The Kier molecular flexibility index (Phi) is 5.81. The first-order valence-electron chi connectivity index (χ1n) is 8.39. The number of hydrogen-bond donors (Lipinski definition) is 0. The summed E-state index contributed by atoms with van der Waals surface area (Å²) in [6.45, 7) is 6.34. The van der Waals surface area contributed by atoms with Crippen molar-refractivity contribution in [3.05, 3.63) is 39.8 Å². The van der Waals surface area contributed by atoms with Gasteiger partial charge in [0.05, 0.1) is 23.8 Å². The van der Waals surface area contributed by atoms with Crippen molar-refractivity contribution in [1.29, 1.82) is 0 Å². The summed E-state index contributed by atoms with van der Waals surface area (Å²) in [4.78, 5) is 21.2. The zero-order valence-corrected chi connectivity index (χ0v) is 16.0. The molecule has 0 unspecified atom stereocenters. The van der Waals surface area contributed by atoms with Gasteiger partial charge in [0.15, 0.2) is 0 Å². The molecule has 0 N–H and O–H groups in total.